The number of aryl methyl sites for hydroxylation is 1. The van der Waals surface area contributed by atoms with Gasteiger partial charge in [-0.15, -0.1) is 0 Å². The lowest BCUT2D eigenvalue weighted by Crippen LogP contribution is -2.09. The number of hydrogen-bond donors (Lipinski definition) is 1. The van der Waals surface area contributed by atoms with Crippen LogP contribution >= 0.6 is 0 Å². The second-order valence-electron chi connectivity index (χ2n) is 3.03. The second kappa shape index (κ2) is 2.88. The lowest BCUT2D eigenvalue weighted by atomic mass is 10.2. The maximum atomic E-state index is 5.50. The van der Waals surface area contributed by atoms with Crippen LogP contribution in [-0.2, 0) is 31.4 Å². The highest BCUT2D eigenvalue weighted by atomic mass is 16.5. The van der Waals surface area contributed by atoms with Crippen LogP contribution in [-0.4, -0.2) is 16.3 Å². The average molecular weight is 167 g/mol. The molecule has 1 aromatic heterocycles. The first kappa shape index (κ1) is 7.76. The van der Waals surface area contributed by atoms with Gasteiger partial charge in [0.2, 0.25) is 0 Å². The van der Waals surface area contributed by atoms with Gasteiger partial charge in [-0.25, -0.2) is 0 Å². The zero-order valence-electron chi connectivity index (χ0n) is 7.21. The zero-order chi connectivity index (χ0) is 8.55. The van der Waals surface area contributed by atoms with E-state index in [1.54, 1.807) is 0 Å². The molecule has 1 aliphatic heterocycles. The van der Waals surface area contributed by atoms with Crippen LogP contribution in [0.4, 0.5) is 0 Å². The summed E-state index contributed by atoms with van der Waals surface area (Å²) in [6.45, 7) is 2.04. The van der Waals surface area contributed by atoms with Crippen LogP contribution < -0.4 is 5.73 Å². The molecule has 0 atom stereocenters. The molecule has 0 unspecified atom stereocenters. The summed E-state index contributed by atoms with van der Waals surface area (Å²) in [5.74, 6) is 0. The van der Waals surface area contributed by atoms with Crippen LogP contribution in [0.3, 0.4) is 0 Å². The molecule has 66 valence electrons. The summed E-state index contributed by atoms with van der Waals surface area (Å²) >= 11 is 0. The monoisotopic (exact) mass is 167 g/mol. The van der Waals surface area contributed by atoms with Gasteiger partial charge in [0.25, 0.3) is 0 Å². The molecule has 0 aromatic carbocycles. The minimum absolute atomic E-state index is 0.660. The van der Waals surface area contributed by atoms with E-state index in [4.69, 9.17) is 10.5 Å². The third kappa shape index (κ3) is 1.04. The summed E-state index contributed by atoms with van der Waals surface area (Å²) in [5, 5.41) is 4.35. The molecule has 0 aliphatic carbocycles. The Kier molecular flexibility index (Phi) is 1.86. The smallest absolute Gasteiger partial charge is 0.0939 e. The molecule has 4 nitrogen and oxygen atoms in total. The largest absolute Gasteiger partial charge is 0.370 e. The minimum atomic E-state index is 0.660. The molecule has 2 rings (SSSR count). The molecule has 1 aliphatic rings. The fourth-order valence-corrected chi connectivity index (χ4v) is 1.65. The van der Waals surface area contributed by atoms with E-state index in [9.17, 15) is 0 Å². The van der Waals surface area contributed by atoms with Crippen molar-refractivity contribution >= 4 is 0 Å². The average Bonchev–Trinajstić information content (AvgIpc) is 2.56. The molecule has 1 aromatic rings. The Bertz CT molecular complexity index is 293. The van der Waals surface area contributed by atoms with Gasteiger partial charge in [0, 0.05) is 24.7 Å². The van der Waals surface area contributed by atoms with Crippen molar-refractivity contribution in [2.45, 2.75) is 19.6 Å². The van der Waals surface area contributed by atoms with Gasteiger partial charge in [0.1, 0.15) is 0 Å². The number of nitrogens with zero attached hydrogens (tertiary/aromatic N) is 2. The first-order valence-electron chi connectivity index (χ1n) is 4.14. The van der Waals surface area contributed by atoms with Crippen LogP contribution in [0, 0.1) is 0 Å². The van der Waals surface area contributed by atoms with E-state index in [1.165, 1.54) is 11.3 Å². The number of nitrogens with two attached hydrogens (primary N) is 1. The predicted molar refractivity (Wildman–Crippen MR) is 44.5 cm³/mol. The molecule has 0 saturated heterocycles. The standard InChI is InChI=1S/C8H13N3O/c1-11-8(2-3-9)6-4-12-5-7(6)10-11/h2-5,9H2,1H3. The summed E-state index contributed by atoms with van der Waals surface area (Å²) in [4.78, 5) is 0. The van der Waals surface area contributed by atoms with Crippen molar-refractivity contribution in [3.05, 3.63) is 17.0 Å². The van der Waals surface area contributed by atoms with Gasteiger partial charge in [-0.2, -0.15) is 5.10 Å². The molecule has 0 bridgehead atoms. The number of fused-ring (bicyclic) bond motifs is 1. The van der Waals surface area contributed by atoms with E-state index >= 15 is 0 Å². The van der Waals surface area contributed by atoms with Gasteiger partial charge in [-0.1, -0.05) is 0 Å². The Balaban J connectivity index is 2.38. The summed E-state index contributed by atoms with van der Waals surface area (Å²) in [6.07, 6.45) is 0.891. The minimum Gasteiger partial charge on any atom is -0.370 e. The van der Waals surface area contributed by atoms with Crippen molar-refractivity contribution < 1.29 is 4.74 Å². The van der Waals surface area contributed by atoms with Gasteiger partial charge >= 0.3 is 0 Å². The van der Waals surface area contributed by atoms with E-state index < -0.39 is 0 Å². The van der Waals surface area contributed by atoms with Gasteiger partial charge in [-0.05, 0) is 6.54 Å². The van der Waals surface area contributed by atoms with Crippen molar-refractivity contribution in [2.24, 2.45) is 12.8 Å². The first-order chi connectivity index (χ1) is 5.83. The predicted octanol–water partition coefficient (Wildman–Crippen LogP) is -0.0485. The SMILES string of the molecule is Cn1nc2c(c1CCN)COC2. The Labute approximate surface area is 71.3 Å². The molecule has 0 radical (unpaired) electrons. The molecule has 0 fully saturated rings. The molecule has 2 N–H and O–H groups in total. The van der Waals surface area contributed by atoms with Gasteiger partial charge in [0.05, 0.1) is 18.9 Å². The van der Waals surface area contributed by atoms with Crippen LogP contribution in [0.15, 0.2) is 0 Å². The summed E-state index contributed by atoms with van der Waals surface area (Å²) < 4.78 is 7.20. The quantitative estimate of drug-likeness (QED) is 0.672. The molecular weight excluding hydrogens is 154 g/mol. The maximum Gasteiger partial charge on any atom is 0.0939 e. The van der Waals surface area contributed by atoms with Crippen molar-refractivity contribution in [2.75, 3.05) is 6.54 Å². The number of ether oxygens (including phenoxy) is 1. The lowest BCUT2D eigenvalue weighted by Gasteiger charge is -2.01. The van der Waals surface area contributed by atoms with Crippen molar-refractivity contribution in [3.63, 3.8) is 0 Å². The molecule has 0 spiro atoms. The molecule has 12 heavy (non-hydrogen) atoms. The first-order valence-corrected chi connectivity index (χ1v) is 4.14. The van der Waals surface area contributed by atoms with Gasteiger partial charge < -0.3 is 10.5 Å². The summed E-state index contributed by atoms with van der Waals surface area (Å²) in [5.41, 5.74) is 9.06. The third-order valence-corrected chi connectivity index (χ3v) is 2.22. The fraction of sp³-hybridized carbons (Fsp3) is 0.625. The van der Waals surface area contributed by atoms with E-state index in [1.807, 2.05) is 11.7 Å². The Morgan fingerprint density at radius 1 is 1.58 bits per heavy atom. The number of aromatic nitrogens is 2. The number of rotatable bonds is 2. The van der Waals surface area contributed by atoms with Crippen molar-refractivity contribution in [3.8, 4) is 0 Å². The molecule has 2 heterocycles. The van der Waals surface area contributed by atoms with Gasteiger partial charge in [-0.3, -0.25) is 4.68 Å². The molecular formula is C8H13N3O. The van der Waals surface area contributed by atoms with E-state index in [0.29, 0.717) is 19.8 Å². The number of hydrogen-bond acceptors (Lipinski definition) is 3. The highest BCUT2D eigenvalue weighted by Crippen LogP contribution is 2.22. The van der Waals surface area contributed by atoms with E-state index in [0.717, 1.165) is 12.1 Å². The van der Waals surface area contributed by atoms with Crippen molar-refractivity contribution in [1.82, 2.24) is 9.78 Å². The Morgan fingerprint density at radius 3 is 3.17 bits per heavy atom. The highest BCUT2D eigenvalue weighted by molar-refractivity contribution is 5.27. The highest BCUT2D eigenvalue weighted by Gasteiger charge is 2.20. The normalized spacial score (nSPS) is 15.2. The van der Waals surface area contributed by atoms with Crippen LogP contribution in [0.1, 0.15) is 17.0 Å². The summed E-state index contributed by atoms with van der Waals surface area (Å²) in [7, 11) is 1.96. The van der Waals surface area contributed by atoms with Crippen molar-refractivity contribution in [1.29, 1.82) is 0 Å². The zero-order valence-corrected chi connectivity index (χ0v) is 7.21. The Hall–Kier alpha value is -0.870. The second-order valence-corrected chi connectivity index (χ2v) is 3.03. The fourth-order valence-electron chi connectivity index (χ4n) is 1.65. The topological polar surface area (TPSA) is 53.1 Å². The van der Waals surface area contributed by atoms with Crippen LogP contribution in [0.25, 0.3) is 0 Å². The van der Waals surface area contributed by atoms with E-state index in [2.05, 4.69) is 5.10 Å². The molecule has 0 saturated carbocycles. The van der Waals surface area contributed by atoms with E-state index in [-0.39, 0.29) is 0 Å². The van der Waals surface area contributed by atoms with Gasteiger partial charge in [0.15, 0.2) is 0 Å². The van der Waals surface area contributed by atoms with Crippen LogP contribution in [0.2, 0.25) is 0 Å². The van der Waals surface area contributed by atoms with Crippen LogP contribution in [0.5, 0.6) is 0 Å². The molecule has 0 amide bonds. The summed E-state index contributed by atoms with van der Waals surface area (Å²) in [6, 6.07) is 0. The molecule has 4 heteroatoms. The lowest BCUT2D eigenvalue weighted by molar-refractivity contribution is 0.130. The maximum absolute atomic E-state index is 5.50. The third-order valence-electron chi connectivity index (χ3n) is 2.22. The Morgan fingerprint density at radius 2 is 2.42 bits per heavy atom.